The van der Waals surface area contributed by atoms with Crippen molar-refractivity contribution in [2.45, 2.75) is 88.2 Å². The molecule has 0 amide bonds. The van der Waals surface area contributed by atoms with Crippen LogP contribution >= 0.6 is 0 Å². The van der Waals surface area contributed by atoms with Gasteiger partial charge in [-0.05, 0) is 31.6 Å². The van der Waals surface area contributed by atoms with E-state index in [1.807, 2.05) is 97.1 Å². The van der Waals surface area contributed by atoms with E-state index in [0.717, 1.165) is 10.4 Å². The van der Waals surface area contributed by atoms with Crippen molar-refractivity contribution in [3.05, 3.63) is 166 Å². The molecule has 2 heterocycles. The number of hydrogen-bond donors (Lipinski definition) is 2. The molecule has 1 aromatic heterocycles. The highest BCUT2D eigenvalue weighted by molar-refractivity contribution is 6.99. The van der Waals surface area contributed by atoms with Gasteiger partial charge in [-0.15, -0.1) is 0 Å². The first kappa shape index (κ1) is 41.0. The van der Waals surface area contributed by atoms with E-state index in [2.05, 4.69) is 70.8 Å². The highest BCUT2D eigenvalue weighted by Crippen LogP contribution is 2.56. The van der Waals surface area contributed by atoms with Gasteiger partial charge in [0.2, 0.25) is 0 Å². The third-order valence-electron chi connectivity index (χ3n) is 10.4. The van der Waals surface area contributed by atoms with Crippen molar-refractivity contribution in [3.63, 3.8) is 0 Å². The van der Waals surface area contributed by atoms with Gasteiger partial charge in [0, 0.05) is 19.2 Å². The molecule has 1 aliphatic heterocycles. The number of rotatable bonds is 12. The fourth-order valence-electron chi connectivity index (χ4n) is 8.10. The summed E-state index contributed by atoms with van der Waals surface area (Å²) in [4.78, 5) is 41.9. The van der Waals surface area contributed by atoms with Crippen molar-refractivity contribution in [3.8, 4) is 0 Å². The molecule has 4 unspecified atom stereocenters. The third kappa shape index (κ3) is 7.45. The van der Waals surface area contributed by atoms with E-state index >= 15 is 0 Å². The predicted octanol–water partition coefficient (Wildman–Crippen LogP) is 4.94. The van der Waals surface area contributed by atoms with Gasteiger partial charge in [-0.3, -0.25) is 19.1 Å². The van der Waals surface area contributed by atoms with Gasteiger partial charge in [-0.1, -0.05) is 163 Å². The molecule has 0 saturated carbocycles. The van der Waals surface area contributed by atoms with Crippen LogP contribution < -0.4 is 21.6 Å². The van der Waals surface area contributed by atoms with Crippen LogP contribution in [0.4, 0.5) is 0 Å². The first-order valence-electron chi connectivity index (χ1n) is 18.9. The molecule has 4 aromatic carbocycles. The van der Waals surface area contributed by atoms with E-state index in [-0.39, 0.29) is 5.04 Å². The lowest BCUT2D eigenvalue weighted by molar-refractivity contribution is -0.209. The number of H-pyrrole nitrogens is 1. The maximum Gasteiger partial charge on any atom is 0.330 e. The van der Waals surface area contributed by atoms with Gasteiger partial charge in [0.05, 0.1) is 6.61 Å². The van der Waals surface area contributed by atoms with Crippen molar-refractivity contribution in [2.24, 2.45) is 0 Å². The first-order chi connectivity index (χ1) is 26.6. The van der Waals surface area contributed by atoms with Crippen LogP contribution in [-0.2, 0) is 28.7 Å². The maximum absolute atomic E-state index is 13.8. The van der Waals surface area contributed by atoms with Gasteiger partial charge in [0.25, 0.3) is 13.9 Å². The minimum Gasteiger partial charge on any atom is -0.455 e. The quantitative estimate of drug-likeness (QED) is 0.135. The van der Waals surface area contributed by atoms with Crippen molar-refractivity contribution in [2.75, 3.05) is 6.61 Å². The topological polar surface area (TPSA) is 129 Å². The summed E-state index contributed by atoms with van der Waals surface area (Å²) in [5.74, 6) is -0.652. The van der Waals surface area contributed by atoms with Crippen molar-refractivity contribution in [1.29, 1.82) is 0 Å². The number of aromatic nitrogens is 2. The number of aliphatic hydroxyl groups is 1. The highest BCUT2D eigenvalue weighted by Gasteiger charge is 2.71. The fraction of sp³-hybridized carbons (Fsp3) is 0.341. The lowest BCUT2D eigenvalue weighted by atomic mass is 9.70. The van der Waals surface area contributed by atoms with Gasteiger partial charge in [0.15, 0.2) is 27.7 Å². The van der Waals surface area contributed by atoms with E-state index < -0.39 is 76.6 Å². The van der Waals surface area contributed by atoms with Crippen LogP contribution in [0.25, 0.3) is 0 Å². The molecule has 4 atom stereocenters. The number of benzene rings is 4. The van der Waals surface area contributed by atoms with Crippen LogP contribution in [0.3, 0.4) is 0 Å². The minimum atomic E-state index is -3.58. The Morgan fingerprint density at radius 1 is 0.804 bits per heavy atom. The largest absolute Gasteiger partial charge is 0.455 e. The van der Waals surface area contributed by atoms with E-state index in [1.165, 1.54) is 23.8 Å². The molecular weight excluding hydrogens is 741 g/mol. The second-order valence-corrected chi connectivity index (χ2v) is 23.6. The SMILES string of the molecule is CC(=O)OC1C(n2ccc(=O)[nH]c2=O)OC(CO)(C(O[SiH2]C(C)(C)C)(c2ccccc2)c2ccccc2)C1O[Si](c1ccccc1)(c1ccccc1)C(C)(C)C. The standard InChI is InChI=1S/C44H52N2O8Si2/c1-31(48)51-37-38(53-56(42(5,6)7,34-24-16-10-17-25-34)35-26-18-11-19-27-35)43(30-47,52-39(37)46-29-28-36(49)45-40(46)50)44(54-55-41(2,3)4,32-20-12-8-13-21-32)33-22-14-9-15-23-33/h8-29,37-39,47H,30,55H2,1-7H3,(H,45,49,50). The monoisotopic (exact) mass is 792 g/mol. The molecule has 12 heteroatoms. The smallest absolute Gasteiger partial charge is 0.330 e. The Kier molecular flexibility index (Phi) is 11.7. The fourth-order valence-corrected chi connectivity index (χ4v) is 14.0. The summed E-state index contributed by atoms with van der Waals surface area (Å²) < 4.78 is 30.3. The number of carbonyl (C=O) groups excluding carboxylic acids is 1. The summed E-state index contributed by atoms with van der Waals surface area (Å²) in [5.41, 5.74) is -3.55. The number of esters is 1. The Morgan fingerprint density at radius 3 is 1.70 bits per heavy atom. The molecule has 1 aliphatic rings. The van der Waals surface area contributed by atoms with E-state index in [9.17, 15) is 19.5 Å². The normalized spacial score (nSPS) is 20.7. The van der Waals surface area contributed by atoms with Crippen LogP contribution in [0.2, 0.25) is 10.1 Å². The number of nitrogens with zero attached hydrogens (tertiary/aromatic N) is 1. The molecule has 1 saturated heterocycles. The Morgan fingerprint density at radius 2 is 1.29 bits per heavy atom. The van der Waals surface area contributed by atoms with Crippen LogP contribution in [0.1, 0.15) is 65.8 Å². The molecule has 2 N–H and O–H groups in total. The Labute approximate surface area is 331 Å². The summed E-state index contributed by atoms with van der Waals surface area (Å²) in [5, 5.41) is 13.5. The number of nitrogens with one attached hydrogen (secondary N) is 1. The van der Waals surface area contributed by atoms with Crippen LogP contribution in [0.15, 0.2) is 143 Å². The lowest BCUT2D eigenvalue weighted by Crippen LogP contribution is -2.73. The molecule has 0 radical (unpaired) electrons. The molecule has 6 rings (SSSR count). The van der Waals surface area contributed by atoms with Crippen LogP contribution in [0.5, 0.6) is 0 Å². The number of ether oxygens (including phenoxy) is 2. The van der Waals surface area contributed by atoms with Crippen molar-refractivity contribution in [1.82, 2.24) is 9.55 Å². The molecule has 10 nitrogen and oxygen atoms in total. The van der Waals surface area contributed by atoms with Gasteiger partial charge in [-0.2, -0.15) is 0 Å². The van der Waals surface area contributed by atoms with Crippen molar-refractivity contribution < 1.29 is 28.2 Å². The first-order valence-corrected chi connectivity index (χ1v) is 22.1. The molecule has 294 valence electrons. The Hall–Kier alpha value is -4.70. The van der Waals surface area contributed by atoms with Gasteiger partial charge >= 0.3 is 11.7 Å². The molecule has 0 aliphatic carbocycles. The molecular formula is C44H52N2O8Si2. The van der Waals surface area contributed by atoms with Gasteiger partial charge in [-0.25, -0.2) is 4.79 Å². The summed E-state index contributed by atoms with van der Waals surface area (Å²) in [6.45, 7) is 13.3. The molecule has 0 spiro atoms. The predicted molar refractivity (Wildman–Crippen MR) is 222 cm³/mol. The van der Waals surface area contributed by atoms with E-state index in [1.54, 1.807) is 0 Å². The molecule has 1 fully saturated rings. The third-order valence-corrected chi connectivity index (χ3v) is 16.9. The summed E-state index contributed by atoms with van der Waals surface area (Å²) >= 11 is 0. The summed E-state index contributed by atoms with van der Waals surface area (Å²) in [7, 11) is -5.08. The molecule has 56 heavy (non-hydrogen) atoms. The number of aliphatic hydroxyl groups excluding tert-OH is 1. The number of aromatic amines is 1. The average molecular weight is 793 g/mol. The second-order valence-electron chi connectivity index (χ2n) is 16.6. The summed E-state index contributed by atoms with van der Waals surface area (Å²) in [6, 6.07) is 40.4. The zero-order chi connectivity index (χ0) is 40.4. The van der Waals surface area contributed by atoms with E-state index in [0.29, 0.717) is 11.1 Å². The minimum absolute atomic E-state index is 0.247. The Balaban J connectivity index is 1.79. The van der Waals surface area contributed by atoms with Crippen LogP contribution in [-0.4, -0.2) is 63.1 Å². The van der Waals surface area contributed by atoms with Gasteiger partial charge < -0.3 is 23.4 Å². The zero-order valence-electron chi connectivity index (χ0n) is 33.1. The number of carbonyl (C=O) groups is 1. The highest BCUT2D eigenvalue weighted by atomic mass is 28.4. The maximum atomic E-state index is 13.8. The average Bonchev–Trinajstić information content (AvgIpc) is 3.47. The van der Waals surface area contributed by atoms with E-state index in [4.69, 9.17) is 18.3 Å². The summed E-state index contributed by atoms with van der Waals surface area (Å²) in [6.07, 6.45) is -2.70. The number of hydrogen-bond acceptors (Lipinski definition) is 8. The zero-order valence-corrected chi connectivity index (χ0v) is 35.5. The molecule has 0 bridgehead atoms. The van der Waals surface area contributed by atoms with Crippen LogP contribution in [0, 0.1) is 0 Å². The second kappa shape index (κ2) is 16.0. The Bertz CT molecular complexity index is 2120. The van der Waals surface area contributed by atoms with Crippen molar-refractivity contribution >= 4 is 34.4 Å². The lowest BCUT2D eigenvalue weighted by Gasteiger charge is -2.54. The van der Waals surface area contributed by atoms with Gasteiger partial charge in [0.1, 0.15) is 11.7 Å². The molecule has 5 aromatic rings.